The van der Waals surface area contributed by atoms with E-state index < -0.39 is 52.3 Å². The number of alkyl halides is 1. The number of ether oxygens (including phenoxy) is 2. The van der Waals surface area contributed by atoms with E-state index in [1.54, 1.807) is 0 Å². The summed E-state index contributed by atoms with van der Waals surface area (Å²) in [5.41, 5.74) is 0.393. The molecule has 14 nitrogen and oxygen atoms in total. The molecule has 2 aromatic heterocycles. The zero-order valence-electron chi connectivity index (χ0n) is 16.8. The average molecular weight is 532 g/mol. The second kappa shape index (κ2) is 9.42. The molecule has 4 rings (SSSR count). The number of anilines is 1. The maximum atomic E-state index is 14.9. The summed E-state index contributed by atoms with van der Waals surface area (Å²) < 4.78 is 54.3. The van der Waals surface area contributed by atoms with Crippen molar-refractivity contribution in [3.05, 3.63) is 11.6 Å². The third-order valence-electron chi connectivity index (χ3n) is 5.04. The maximum absolute atomic E-state index is 14.9. The summed E-state index contributed by atoms with van der Waals surface area (Å²) in [5, 5.41) is 13.2. The SMILES string of the molecule is O=P(O)(O)CP(=O)(O)OC[C@H]1O[C@@H](n2cnc3c(N[C@@H]4CCOC4)nc(Cl)nc32)[C@@H](F)[C@@H]1O. The molecule has 18 heteroatoms. The average Bonchev–Trinajstić information content (AvgIpc) is 3.40. The first-order chi connectivity index (χ1) is 15.4. The van der Waals surface area contributed by atoms with Crippen LogP contribution in [0.4, 0.5) is 10.2 Å². The second-order valence-electron chi connectivity index (χ2n) is 7.61. The van der Waals surface area contributed by atoms with Gasteiger partial charge in [0.25, 0.3) is 0 Å². The van der Waals surface area contributed by atoms with Crippen LogP contribution in [0.1, 0.15) is 12.6 Å². The first-order valence-corrected chi connectivity index (χ1v) is 13.6. The van der Waals surface area contributed by atoms with Gasteiger partial charge >= 0.3 is 15.2 Å². The number of rotatable bonds is 8. The van der Waals surface area contributed by atoms with Gasteiger partial charge in [-0.3, -0.25) is 13.7 Å². The van der Waals surface area contributed by atoms with Gasteiger partial charge < -0.3 is 39.1 Å². The van der Waals surface area contributed by atoms with Crippen molar-refractivity contribution in [2.45, 2.75) is 37.1 Å². The zero-order chi connectivity index (χ0) is 24.0. The number of aliphatic hydroxyl groups is 1. The molecule has 1 unspecified atom stereocenters. The second-order valence-corrected chi connectivity index (χ2v) is 11.9. The van der Waals surface area contributed by atoms with Crippen molar-refractivity contribution in [2.75, 3.05) is 31.0 Å². The summed E-state index contributed by atoms with van der Waals surface area (Å²) in [4.78, 5) is 39.7. The molecule has 0 spiro atoms. The number of fused-ring (bicyclic) bond motifs is 1. The lowest BCUT2D eigenvalue weighted by molar-refractivity contribution is -0.0425. The van der Waals surface area contributed by atoms with Crippen molar-refractivity contribution in [3.63, 3.8) is 0 Å². The van der Waals surface area contributed by atoms with E-state index in [9.17, 15) is 23.5 Å². The minimum absolute atomic E-state index is 0.0216. The molecule has 4 heterocycles. The normalized spacial score (nSPS) is 30.1. The van der Waals surface area contributed by atoms with E-state index in [0.717, 1.165) is 6.42 Å². The largest absolute Gasteiger partial charge is 0.387 e. The minimum Gasteiger partial charge on any atom is -0.387 e. The Balaban J connectivity index is 1.53. The molecule has 0 aliphatic carbocycles. The van der Waals surface area contributed by atoms with E-state index >= 15 is 0 Å². The summed E-state index contributed by atoms with van der Waals surface area (Å²) in [5.74, 6) is -1.11. The topological polar surface area (TPSA) is 198 Å². The molecular weight excluding hydrogens is 511 g/mol. The maximum Gasteiger partial charge on any atom is 0.340 e. The van der Waals surface area contributed by atoms with Crippen molar-refractivity contribution in [2.24, 2.45) is 0 Å². The van der Waals surface area contributed by atoms with Crippen molar-refractivity contribution < 1.29 is 47.3 Å². The molecule has 33 heavy (non-hydrogen) atoms. The Hall–Kier alpha value is -1.25. The number of halogens is 2. The minimum atomic E-state index is -4.84. The first-order valence-electron chi connectivity index (χ1n) is 9.66. The van der Waals surface area contributed by atoms with Gasteiger partial charge in [-0.15, -0.1) is 0 Å². The predicted octanol–water partition coefficient (Wildman–Crippen LogP) is 0.614. The molecule has 0 radical (unpaired) electrons. The summed E-state index contributed by atoms with van der Waals surface area (Å²) >= 11 is 6.03. The van der Waals surface area contributed by atoms with E-state index in [4.69, 9.17) is 30.9 Å². The fourth-order valence-corrected chi connectivity index (χ4v) is 6.28. The first kappa shape index (κ1) is 24.9. The van der Waals surface area contributed by atoms with Crippen LogP contribution in [0.5, 0.6) is 0 Å². The van der Waals surface area contributed by atoms with Crippen LogP contribution >= 0.6 is 26.8 Å². The number of hydrogen-bond donors (Lipinski definition) is 5. The van der Waals surface area contributed by atoms with Crippen molar-refractivity contribution >= 4 is 43.8 Å². The molecule has 184 valence electrons. The van der Waals surface area contributed by atoms with Gasteiger partial charge in [-0.05, 0) is 18.0 Å². The monoisotopic (exact) mass is 531 g/mol. The summed E-state index contributed by atoms with van der Waals surface area (Å²) in [6.45, 7) is 0.263. The van der Waals surface area contributed by atoms with Gasteiger partial charge in [0, 0.05) is 6.61 Å². The predicted molar refractivity (Wildman–Crippen MR) is 111 cm³/mol. The van der Waals surface area contributed by atoms with Gasteiger partial charge in [0.15, 0.2) is 35.3 Å². The Morgan fingerprint density at radius 2 is 2.09 bits per heavy atom. The molecule has 2 saturated heterocycles. The molecule has 2 aromatic rings. The Morgan fingerprint density at radius 1 is 1.33 bits per heavy atom. The molecule has 2 aliphatic heterocycles. The number of nitrogens with one attached hydrogen (secondary N) is 1. The van der Waals surface area contributed by atoms with Crippen LogP contribution in [0.3, 0.4) is 0 Å². The zero-order valence-corrected chi connectivity index (χ0v) is 19.3. The van der Waals surface area contributed by atoms with E-state index in [1.165, 1.54) is 10.9 Å². The molecule has 2 aliphatic rings. The molecule has 0 saturated carbocycles. The molecule has 0 amide bonds. The van der Waals surface area contributed by atoms with Crippen LogP contribution in [0.15, 0.2) is 6.33 Å². The lowest BCUT2D eigenvalue weighted by atomic mass is 10.1. The molecule has 5 N–H and O–H groups in total. The van der Waals surface area contributed by atoms with Crippen LogP contribution in [-0.2, 0) is 23.1 Å². The van der Waals surface area contributed by atoms with Crippen molar-refractivity contribution in [1.29, 1.82) is 0 Å². The Labute approximate surface area is 190 Å². The number of imidazole rings is 1. The molecule has 2 fully saturated rings. The van der Waals surface area contributed by atoms with Gasteiger partial charge in [0.1, 0.15) is 12.2 Å². The fraction of sp³-hybridized carbons (Fsp3) is 0.667. The molecule has 0 bridgehead atoms. The fourth-order valence-electron chi connectivity index (χ4n) is 3.55. The summed E-state index contributed by atoms with van der Waals surface area (Å²) in [6.07, 6.45) is -4.66. The highest BCUT2D eigenvalue weighted by molar-refractivity contribution is 7.70. The number of aliphatic hydroxyl groups excluding tert-OH is 1. The summed E-state index contributed by atoms with van der Waals surface area (Å²) in [7, 11) is -9.56. The van der Waals surface area contributed by atoms with E-state index in [0.29, 0.717) is 19.0 Å². The van der Waals surface area contributed by atoms with E-state index in [2.05, 4.69) is 24.8 Å². The van der Waals surface area contributed by atoms with E-state index in [-0.39, 0.29) is 22.5 Å². The van der Waals surface area contributed by atoms with Crippen molar-refractivity contribution in [3.8, 4) is 0 Å². The Morgan fingerprint density at radius 3 is 2.76 bits per heavy atom. The van der Waals surface area contributed by atoms with Gasteiger partial charge in [-0.2, -0.15) is 9.97 Å². The number of aromatic nitrogens is 4. The highest BCUT2D eigenvalue weighted by Gasteiger charge is 2.47. The van der Waals surface area contributed by atoms with Gasteiger partial charge in [-0.25, -0.2) is 9.37 Å². The Bertz CT molecular complexity index is 1110. The molecule has 6 atom stereocenters. The highest BCUT2D eigenvalue weighted by Crippen LogP contribution is 2.55. The van der Waals surface area contributed by atoms with Gasteiger partial charge in [-0.1, -0.05) is 0 Å². The quantitative estimate of drug-likeness (QED) is 0.235. The van der Waals surface area contributed by atoms with Crippen molar-refractivity contribution in [1.82, 2.24) is 19.5 Å². The number of hydrogen-bond acceptors (Lipinski definition) is 10. The molecule has 0 aromatic carbocycles. The highest BCUT2D eigenvalue weighted by atomic mass is 35.5. The van der Waals surface area contributed by atoms with Gasteiger partial charge in [0.05, 0.1) is 25.6 Å². The number of nitrogens with zero attached hydrogens (tertiary/aromatic N) is 4. The smallest absolute Gasteiger partial charge is 0.340 e. The van der Waals surface area contributed by atoms with Gasteiger partial charge in [0.2, 0.25) is 5.28 Å². The lowest BCUT2D eigenvalue weighted by Gasteiger charge is -2.18. The molecular formula is C15H21ClFN5O9P2. The van der Waals surface area contributed by atoms with Crippen LogP contribution in [-0.4, -0.2) is 89.5 Å². The third kappa shape index (κ3) is 5.70. The standard InChI is InChI=1S/C15H21ClFN5O9P2/c16-15-20-12(19-7-1-2-29-3-7)10-13(21-15)22(5-18-10)14-9(17)11(23)8(31-14)4-30-33(27,28)6-32(24,25)26/h5,7-9,11,14,23H,1-4,6H2,(H,27,28)(H,19,20,21)(H2,24,25,26)/t7-,8-,9+,11-,14-/m1/s1. The third-order valence-corrected chi connectivity index (χ3v) is 8.66. The van der Waals surface area contributed by atoms with Crippen LogP contribution in [0.2, 0.25) is 5.28 Å². The van der Waals surface area contributed by atoms with Crippen LogP contribution in [0.25, 0.3) is 11.2 Å². The Kier molecular flexibility index (Phi) is 7.10. The van der Waals surface area contributed by atoms with Crippen LogP contribution in [0, 0.1) is 0 Å². The lowest BCUT2D eigenvalue weighted by Crippen LogP contribution is -2.31. The summed E-state index contributed by atoms with van der Waals surface area (Å²) in [6, 6.07) is -0.0216. The van der Waals surface area contributed by atoms with E-state index in [1.807, 2.05) is 0 Å². The van der Waals surface area contributed by atoms with Crippen LogP contribution < -0.4 is 5.32 Å².